The van der Waals surface area contributed by atoms with Gasteiger partial charge in [-0.3, -0.25) is 0 Å². The van der Waals surface area contributed by atoms with Crippen LogP contribution < -0.4 is 5.73 Å². The Morgan fingerprint density at radius 1 is 1.31 bits per heavy atom. The molecule has 0 radical (unpaired) electrons. The summed E-state index contributed by atoms with van der Waals surface area (Å²) in [6.45, 7) is 3.97. The van der Waals surface area contributed by atoms with E-state index >= 15 is 0 Å². The minimum atomic E-state index is 0.570. The standard InChI is InChI=1S/C13H18N2O/c1-3-16-9-11-8-15(2)12-6-4-5-10(7-14)13(11)12/h4-6,8H,3,7,9,14H2,1-2H3. The largest absolute Gasteiger partial charge is 0.377 e. The van der Waals surface area contributed by atoms with Crippen LogP contribution in [0.5, 0.6) is 0 Å². The van der Waals surface area contributed by atoms with Crippen molar-refractivity contribution >= 4 is 10.9 Å². The van der Waals surface area contributed by atoms with Crippen LogP contribution in [-0.2, 0) is 24.9 Å². The Labute approximate surface area is 95.8 Å². The normalized spacial score (nSPS) is 11.2. The average Bonchev–Trinajstić information content (AvgIpc) is 2.64. The molecule has 0 aliphatic heterocycles. The zero-order valence-corrected chi connectivity index (χ0v) is 9.86. The molecule has 0 aliphatic carbocycles. The molecule has 1 heterocycles. The Bertz CT molecular complexity index is 488. The van der Waals surface area contributed by atoms with Gasteiger partial charge < -0.3 is 15.0 Å². The number of ether oxygens (including phenoxy) is 1. The van der Waals surface area contributed by atoms with Crippen molar-refractivity contribution in [3.63, 3.8) is 0 Å². The number of hydrogen-bond donors (Lipinski definition) is 1. The number of rotatable bonds is 4. The summed E-state index contributed by atoms with van der Waals surface area (Å²) >= 11 is 0. The van der Waals surface area contributed by atoms with Gasteiger partial charge >= 0.3 is 0 Å². The maximum absolute atomic E-state index is 5.77. The number of benzene rings is 1. The van der Waals surface area contributed by atoms with Crippen molar-refractivity contribution in [3.8, 4) is 0 Å². The van der Waals surface area contributed by atoms with Crippen molar-refractivity contribution in [1.29, 1.82) is 0 Å². The van der Waals surface area contributed by atoms with Crippen LogP contribution in [0, 0.1) is 0 Å². The Morgan fingerprint density at radius 3 is 2.81 bits per heavy atom. The lowest BCUT2D eigenvalue weighted by Crippen LogP contribution is -1.98. The highest BCUT2D eigenvalue weighted by molar-refractivity contribution is 5.87. The highest BCUT2D eigenvalue weighted by atomic mass is 16.5. The molecule has 1 aromatic carbocycles. The van der Waals surface area contributed by atoms with Gasteiger partial charge in [0.25, 0.3) is 0 Å². The van der Waals surface area contributed by atoms with Crippen LogP contribution in [0.3, 0.4) is 0 Å². The second-order valence-electron chi connectivity index (χ2n) is 3.92. The molecule has 0 bridgehead atoms. The monoisotopic (exact) mass is 218 g/mol. The molecule has 0 atom stereocenters. The van der Waals surface area contributed by atoms with Gasteiger partial charge in [0.05, 0.1) is 6.61 Å². The number of nitrogens with zero attached hydrogens (tertiary/aromatic N) is 1. The first-order chi connectivity index (χ1) is 7.77. The highest BCUT2D eigenvalue weighted by Gasteiger charge is 2.09. The summed E-state index contributed by atoms with van der Waals surface area (Å²) in [6.07, 6.45) is 2.12. The molecule has 0 spiro atoms. The molecule has 2 aromatic rings. The van der Waals surface area contributed by atoms with Gasteiger partial charge in [0.2, 0.25) is 0 Å². The lowest BCUT2D eigenvalue weighted by Gasteiger charge is -2.04. The van der Waals surface area contributed by atoms with Crippen LogP contribution in [0.15, 0.2) is 24.4 Å². The molecule has 1 aromatic heterocycles. The predicted octanol–water partition coefficient (Wildman–Crippen LogP) is 2.17. The number of aryl methyl sites for hydroxylation is 1. The summed E-state index contributed by atoms with van der Waals surface area (Å²) in [7, 11) is 2.05. The van der Waals surface area contributed by atoms with Crippen molar-refractivity contribution < 1.29 is 4.74 Å². The minimum absolute atomic E-state index is 0.570. The lowest BCUT2D eigenvalue weighted by molar-refractivity contribution is 0.135. The van der Waals surface area contributed by atoms with E-state index in [0.717, 1.165) is 6.61 Å². The second kappa shape index (κ2) is 4.68. The third kappa shape index (κ3) is 1.84. The fraction of sp³-hybridized carbons (Fsp3) is 0.385. The van der Waals surface area contributed by atoms with E-state index < -0.39 is 0 Å². The highest BCUT2D eigenvalue weighted by Crippen LogP contribution is 2.25. The summed E-state index contributed by atoms with van der Waals surface area (Å²) in [4.78, 5) is 0. The fourth-order valence-corrected chi connectivity index (χ4v) is 2.11. The van der Waals surface area contributed by atoms with Crippen LogP contribution in [0.1, 0.15) is 18.1 Å². The smallest absolute Gasteiger partial charge is 0.0737 e. The number of fused-ring (bicyclic) bond motifs is 1. The SMILES string of the molecule is CCOCc1cn(C)c2cccc(CN)c12. The first-order valence-corrected chi connectivity index (χ1v) is 5.61. The van der Waals surface area contributed by atoms with Crippen molar-refractivity contribution in [1.82, 2.24) is 4.57 Å². The van der Waals surface area contributed by atoms with Gasteiger partial charge in [-0.1, -0.05) is 12.1 Å². The van der Waals surface area contributed by atoms with E-state index in [4.69, 9.17) is 10.5 Å². The molecular formula is C13H18N2O. The van der Waals surface area contributed by atoms with E-state index in [-0.39, 0.29) is 0 Å². The molecule has 0 aliphatic rings. The number of nitrogens with two attached hydrogens (primary N) is 1. The topological polar surface area (TPSA) is 40.2 Å². The summed E-state index contributed by atoms with van der Waals surface area (Å²) in [5.41, 5.74) is 9.40. The van der Waals surface area contributed by atoms with E-state index in [1.54, 1.807) is 0 Å². The second-order valence-corrected chi connectivity index (χ2v) is 3.92. The van der Waals surface area contributed by atoms with E-state index in [1.165, 1.54) is 22.0 Å². The van der Waals surface area contributed by atoms with Crippen LogP contribution in [0.25, 0.3) is 10.9 Å². The number of aromatic nitrogens is 1. The number of hydrogen-bond acceptors (Lipinski definition) is 2. The molecule has 0 saturated carbocycles. The van der Waals surface area contributed by atoms with Gasteiger partial charge in [-0.2, -0.15) is 0 Å². The van der Waals surface area contributed by atoms with Gasteiger partial charge in [0.15, 0.2) is 0 Å². The van der Waals surface area contributed by atoms with Crippen molar-refractivity contribution in [2.24, 2.45) is 12.8 Å². The zero-order valence-electron chi connectivity index (χ0n) is 9.86. The summed E-state index contributed by atoms with van der Waals surface area (Å²) in [5, 5.41) is 1.25. The quantitative estimate of drug-likeness (QED) is 0.854. The van der Waals surface area contributed by atoms with Crippen LogP contribution in [0.4, 0.5) is 0 Å². The van der Waals surface area contributed by atoms with Crippen LogP contribution in [0.2, 0.25) is 0 Å². The Hall–Kier alpha value is -1.32. The van der Waals surface area contributed by atoms with Crippen LogP contribution >= 0.6 is 0 Å². The van der Waals surface area contributed by atoms with Crippen molar-refractivity contribution in [3.05, 3.63) is 35.5 Å². The average molecular weight is 218 g/mol. The van der Waals surface area contributed by atoms with Crippen LogP contribution in [-0.4, -0.2) is 11.2 Å². The Morgan fingerprint density at radius 2 is 2.12 bits per heavy atom. The molecule has 3 nitrogen and oxygen atoms in total. The Balaban J connectivity index is 2.55. The first kappa shape index (κ1) is 11.2. The van der Waals surface area contributed by atoms with E-state index in [9.17, 15) is 0 Å². The third-order valence-electron chi connectivity index (χ3n) is 2.86. The van der Waals surface area contributed by atoms with Crippen molar-refractivity contribution in [2.75, 3.05) is 6.61 Å². The molecule has 2 rings (SSSR count). The molecule has 0 unspecified atom stereocenters. The molecule has 16 heavy (non-hydrogen) atoms. The van der Waals surface area contributed by atoms with Gasteiger partial charge in [0, 0.05) is 42.9 Å². The van der Waals surface area contributed by atoms with E-state index in [1.807, 2.05) is 6.92 Å². The fourth-order valence-electron chi connectivity index (χ4n) is 2.11. The molecule has 0 saturated heterocycles. The van der Waals surface area contributed by atoms with Gasteiger partial charge in [-0.25, -0.2) is 0 Å². The molecule has 86 valence electrons. The third-order valence-corrected chi connectivity index (χ3v) is 2.86. The zero-order chi connectivity index (χ0) is 11.5. The van der Waals surface area contributed by atoms with Gasteiger partial charge in [-0.05, 0) is 18.6 Å². The molecule has 0 amide bonds. The minimum Gasteiger partial charge on any atom is -0.377 e. The summed E-state index contributed by atoms with van der Waals surface area (Å²) < 4.78 is 7.61. The van der Waals surface area contributed by atoms with Gasteiger partial charge in [0.1, 0.15) is 0 Å². The van der Waals surface area contributed by atoms with Crippen molar-refractivity contribution in [2.45, 2.75) is 20.1 Å². The lowest BCUT2D eigenvalue weighted by atomic mass is 10.1. The molecule has 2 N–H and O–H groups in total. The Kier molecular flexibility index (Phi) is 3.27. The summed E-state index contributed by atoms with van der Waals surface area (Å²) in [6, 6.07) is 6.25. The predicted molar refractivity (Wildman–Crippen MR) is 66.1 cm³/mol. The molecule has 0 fully saturated rings. The molecule has 3 heteroatoms. The van der Waals surface area contributed by atoms with E-state index in [0.29, 0.717) is 13.2 Å². The molecular weight excluding hydrogens is 200 g/mol. The van der Waals surface area contributed by atoms with Gasteiger partial charge in [-0.15, -0.1) is 0 Å². The maximum Gasteiger partial charge on any atom is 0.0737 e. The maximum atomic E-state index is 5.77. The van der Waals surface area contributed by atoms with E-state index in [2.05, 4.69) is 36.0 Å². The summed E-state index contributed by atoms with van der Waals surface area (Å²) in [5.74, 6) is 0. The first-order valence-electron chi connectivity index (χ1n) is 5.61.